The number of benzene rings is 1. The standard InChI is InChI=1S/C15H20BrNO3S/c1-15(2,16)13-11(9-17(3)14(13)18)10-21(19,20)12-7-5-4-6-8-12/h4-8,11,13H,9-10H2,1-3H3/t11-,13-/m1/s1. The first-order chi connectivity index (χ1) is 9.63. The highest BCUT2D eigenvalue weighted by molar-refractivity contribution is 9.10. The first-order valence-corrected chi connectivity index (χ1v) is 9.29. The van der Waals surface area contributed by atoms with Gasteiger partial charge in [-0.1, -0.05) is 34.1 Å². The van der Waals surface area contributed by atoms with Crippen molar-refractivity contribution in [3.8, 4) is 0 Å². The molecule has 1 aromatic rings. The number of likely N-dealkylation sites (tertiary alicyclic amines) is 1. The van der Waals surface area contributed by atoms with E-state index < -0.39 is 14.2 Å². The Balaban J connectivity index is 2.28. The van der Waals surface area contributed by atoms with Gasteiger partial charge in [-0.2, -0.15) is 0 Å². The van der Waals surface area contributed by atoms with Gasteiger partial charge >= 0.3 is 0 Å². The van der Waals surface area contributed by atoms with Crippen molar-refractivity contribution in [2.24, 2.45) is 11.8 Å². The molecule has 4 nitrogen and oxygen atoms in total. The van der Waals surface area contributed by atoms with Crippen LogP contribution in [0.2, 0.25) is 0 Å². The summed E-state index contributed by atoms with van der Waals surface area (Å²) in [5.74, 6) is -0.541. The number of hydrogen-bond donors (Lipinski definition) is 0. The van der Waals surface area contributed by atoms with Gasteiger partial charge in [0.15, 0.2) is 9.84 Å². The summed E-state index contributed by atoms with van der Waals surface area (Å²) in [5, 5.41) is 0. The molecule has 1 heterocycles. The lowest BCUT2D eigenvalue weighted by Gasteiger charge is -2.27. The van der Waals surface area contributed by atoms with Gasteiger partial charge in [0.05, 0.1) is 16.6 Å². The largest absolute Gasteiger partial charge is 0.345 e. The number of nitrogens with zero attached hydrogens (tertiary/aromatic N) is 1. The average molecular weight is 374 g/mol. The summed E-state index contributed by atoms with van der Waals surface area (Å²) in [6, 6.07) is 8.42. The van der Waals surface area contributed by atoms with Crippen molar-refractivity contribution in [1.29, 1.82) is 0 Å². The van der Waals surface area contributed by atoms with Crippen molar-refractivity contribution in [2.45, 2.75) is 23.1 Å². The van der Waals surface area contributed by atoms with Crippen molar-refractivity contribution in [2.75, 3.05) is 19.3 Å². The van der Waals surface area contributed by atoms with Crippen LogP contribution in [0.1, 0.15) is 13.8 Å². The molecule has 1 aromatic carbocycles. The predicted molar refractivity (Wildman–Crippen MR) is 86.1 cm³/mol. The molecule has 116 valence electrons. The zero-order valence-electron chi connectivity index (χ0n) is 12.4. The zero-order chi connectivity index (χ0) is 15.8. The van der Waals surface area contributed by atoms with E-state index in [0.29, 0.717) is 11.4 Å². The third-order valence-electron chi connectivity index (χ3n) is 3.90. The van der Waals surface area contributed by atoms with Crippen LogP contribution >= 0.6 is 15.9 Å². The fourth-order valence-electron chi connectivity index (χ4n) is 3.00. The Morgan fingerprint density at radius 3 is 2.38 bits per heavy atom. The van der Waals surface area contributed by atoms with Crippen molar-refractivity contribution in [3.05, 3.63) is 30.3 Å². The summed E-state index contributed by atoms with van der Waals surface area (Å²) in [7, 11) is -1.66. The topological polar surface area (TPSA) is 54.5 Å². The number of carbonyl (C=O) groups is 1. The minimum absolute atomic E-state index is 0.00476. The van der Waals surface area contributed by atoms with Gasteiger partial charge in [-0.3, -0.25) is 4.79 Å². The Bertz CT molecular complexity index is 622. The molecule has 0 N–H and O–H groups in total. The van der Waals surface area contributed by atoms with Crippen LogP contribution in [0, 0.1) is 11.8 Å². The van der Waals surface area contributed by atoms with Crippen molar-refractivity contribution in [3.63, 3.8) is 0 Å². The number of carbonyl (C=O) groups excluding carboxylic acids is 1. The summed E-state index contributed by atoms with van der Waals surface area (Å²) in [5.41, 5.74) is 0. The van der Waals surface area contributed by atoms with Gasteiger partial charge in [0.2, 0.25) is 5.91 Å². The highest BCUT2D eigenvalue weighted by atomic mass is 79.9. The Hall–Kier alpha value is -0.880. The molecule has 0 aromatic heterocycles. The van der Waals surface area contributed by atoms with Crippen LogP contribution in [0.25, 0.3) is 0 Å². The molecular formula is C15H20BrNO3S. The second-order valence-corrected chi connectivity index (χ2v) is 10.2. The smallest absolute Gasteiger partial charge is 0.227 e. The van der Waals surface area contributed by atoms with E-state index in [1.165, 1.54) is 0 Å². The summed E-state index contributed by atoms with van der Waals surface area (Å²) < 4.78 is 24.6. The number of sulfone groups is 1. The number of alkyl halides is 1. The molecule has 1 aliphatic rings. The molecule has 0 unspecified atom stereocenters. The summed E-state index contributed by atoms with van der Waals surface area (Å²) >= 11 is 3.54. The van der Waals surface area contributed by atoms with E-state index in [9.17, 15) is 13.2 Å². The molecule has 1 saturated heterocycles. The van der Waals surface area contributed by atoms with Crippen molar-refractivity contribution < 1.29 is 13.2 Å². The molecule has 21 heavy (non-hydrogen) atoms. The lowest BCUT2D eigenvalue weighted by atomic mass is 9.86. The summed E-state index contributed by atoms with van der Waals surface area (Å²) in [6.07, 6.45) is 0. The average Bonchev–Trinajstić information content (AvgIpc) is 2.64. The van der Waals surface area contributed by atoms with Crippen LogP contribution < -0.4 is 0 Å². The van der Waals surface area contributed by atoms with E-state index in [-0.39, 0.29) is 23.5 Å². The Labute approximate surface area is 134 Å². The van der Waals surface area contributed by atoms with Gasteiger partial charge < -0.3 is 4.90 Å². The molecule has 0 bridgehead atoms. The van der Waals surface area contributed by atoms with Crippen LogP contribution in [0.15, 0.2) is 35.2 Å². The fraction of sp³-hybridized carbons (Fsp3) is 0.533. The molecule has 0 saturated carbocycles. The number of rotatable bonds is 4. The molecular weight excluding hydrogens is 354 g/mol. The van der Waals surface area contributed by atoms with Gasteiger partial charge in [-0.15, -0.1) is 0 Å². The van der Waals surface area contributed by atoms with Gasteiger partial charge in [-0.25, -0.2) is 8.42 Å². The highest BCUT2D eigenvalue weighted by Gasteiger charge is 2.47. The molecule has 0 aliphatic carbocycles. The number of halogens is 1. The third-order valence-corrected chi connectivity index (χ3v) is 6.25. The van der Waals surface area contributed by atoms with E-state index in [1.807, 2.05) is 13.8 Å². The normalized spacial score (nSPS) is 23.6. The molecule has 0 radical (unpaired) electrons. The third kappa shape index (κ3) is 3.48. The SMILES string of the molecule is CN1C[C@H](CS(=O)(=O)c2ccccc2)[C@@H](C(C)(C)Br)C1=O. The molecule has 1 amide bonds. The minimum atomic E-state index is -3.38. The molecule has 6 heteroatoms. The predicted octanol–water partition coefficient (Wildman–Crippen LogP) is 2.34. The fourth-order valence-corrected chi connectivity index (χ4v) is 5.19. The highest BCUT2D eigenvalue weighted by Crippen LogP contribution is 2.39. The maximum atomic E-state index is 12.5. The Morgan fingerprint density at radius 1 is 1.29 bits per heavy atom. The maximum absolute atomic E-state index is 12.5. The quantitative estimate of drug-likeness (QED) is 0.761. The lowest BCUT2D eigenvalue weighted by molar-refractivity contribution is -0.130. The molecule has 0 spiro atoms. The van der Waals surface area contributed by atoms with E-state index in [0.717, 1.165) is 0 Å². The van der Waals surface area contributed by atoms with E-state index >= 15 is 0 Å². The first-order valence-electron chi connectivity index (χ1n) is 6.84. The number of hydrogen-bond acceptors (Lipinski definition) is 3. The Kier molecular flexibility index (Phi) is 4.49. The van der Waals surface area contributed by atoms with Crippen LogP contribution in [0.4, 0.5) is 0 Å². The van der Waals surface area contributed by atoms with E-state index in [4.69, 9.17) is 0 Å². The molecule has 1 fully saturated rings. The second-order valence-electron chi connectivity index (χ2n) is 6.12. The monoisotopic (exact) mass is 373 g/mol. The van der Waals surface area contributed by atoms with Gasteiger partial charge in [-0.05, 0) is 26.0 Å². The Morgan fingerprint density at radius 2 is 1.86 bits per heavy atom. The van der Waals surface area contributed by atoms with Crippen LogP contribution in [-0.2, 0) is 14.6 Å². The lowest BCUT2D eigenvalue weighted by Crippen LogP contribution is -2.37. The zero-order valence-corrected chi connectivity index (χ0v) is 14.8. The summed E-state index contributed by atoms with van der Waals surface area (Å²) in [4.78, 5) is 14.2. The molecule has 2 atom stereocenters. The van der Waals surface area contributed by atoms with Crippen LogP contribution in [0.5, 0.6) is 0 Å². The van der Waals surface area contributed by atoms with E-state index in [1.54, 1.807) is 42.3 Å². The van der Waals surface area contributed by atoms with Gasteiger partial charge in [0, 0.05) is 23.8 Å². The van der Waals surface area contributed by atoms with Crippen LogP contribution in [-0.4, -0.2) is 42.9 Å². The first kappa shape index (κ1) is 16.5. The molecule has 1 aliphatic heterocycles. The van der Waals surface area contributed by atoms with Crippen LogP contribution in [0.3, 0.4) is 0 Å². The van der Waals surface area contributed by atoms with Crippen molar-refractivity contribution >= 4 is 31.7 Å². The van der Waals surface area contributed by atoms with Gasteiger partial charge in [0.25, 0.3) is 0 Å². The minimum Gasteiger partial charge on any atom is -0.345 e. The van der Waals surface area contributed by atoms with Crippen molar-refractivity contribution in [1.82, 2.24) is 4.90 Å². The maximum Gasteiger partial charge on any atom is 0.227 e. The summed E-state index contributed by atoms with van der Waals surface area (Å²) in [6.45, 7) is 4.30. The second kappa shape index (κ2) is 5.72. The number of amides is 1. The van der Waals surface area contributed by atoms with Gasteiger partial charge in [0.1, 0.15) is 0 Å². The van der Waals surface area contributed by atoms with E-state index in [2.05, 4.69) is 15.9 Å². The molecule has 2 rings (SSSR count).